The lowest BCUT2D eigenvalue weighted by atomic mass is 10.2. The van der Waals surface area contributed by atoms with Crippen molar-refractivity contribution in [1.29, 1.82) is 0 Å². The first-order chi connectivity index (χ1) is 7.15. The number of halogens is 6. The number of alkyl halides is 5. The summed E-state index contributed by atoms with van der Waals surface area (Å²) < 4.78 is 64.8. The van der Waals surface area contributed by atoms with Gasteiger partial charge in [0.15, 0.2) is 0 Å². The van der Waals surface area contributed by atoms with Crippen LogP contribution in [-0.2, 0) is 0 Å². The molecule has 1 aromatic carbocycles. The van der Waals surface area contributed by atoms with Gasteiger partial charge in [0, 0.05) is 10.0 Å². The molecule has 7 heteroatoms. The van der Waals surface area contributed by atoms with Gasteiger partial charge >= 0.3 is 12.3 Å². The van der Waals surface area contributed by atoms with E-state index < -0.39 is 18.0 Å². The van der Waals surface area contributed by atoms with Crippen molar-refractivity contribution in [3.8, 4) is 5.75 Å². The maximum absolute atomic E-state index is 12.6. The largest absolute Gasteiger partial charge is 0.499 e. The van der Waals surface area contributed by atoms with Gasteiger partial charge in [0.1, 0.15) is 5.75 Å². The van der Waals surface area contributed by atoms with E-state index >= 15 is 0 Å². The molecule has 0 unspecified atom stereocenters. The maximum Gasteiger partial charge on any atom is 0.499 e. The van der Waals surface area contributed by atoms with Crippen LogP contribution >= 0.6 is 15.9 Å². The van der Waals surface area contributed by atoms with Crippen LogP contribution in [0.1, 0.15) is 5.56 Å². The summed E-state index contributed by atoms with van der Waals surface area (Å²) in [6.07, 6.45) is -10.9. The number of hydrogen-bond donors (Lipinski definition) is 0. The van der Waals surface area contributed by atoms with Crippen LogP contribution in [0.2, 0.25) is 0 Å². The second kappa shape index (κ2) is 4.20. The van der Waals surface area contributed by atoms with Crippen LogP contribution in [0.3, 0.4) is 0 Å². The molecule has 0 amide bonds. The zero-order chi connectivity index (χ0) is 12.6. The summed E-state index contributed by atoms with van der Waals surface area (Å²) in [7, 11) is 0. The third-order valence-corrected chi connectivity index (χ3v) is 2.65. The highest BCUT2D eigenvalue weighted by Crippen LogP contribution is 2.39. The van der Waals surface area contributed by atoms with Gasteiger partial charge in [-0.15, -0.1) is 0 Å². The van der Waals surface area contributed by atoms with Crippen molar-refractivity contribution in [3.63, 3.8) is 0 Å². The van der Waals surface area contributed by atoms with Crippen molar-refractivity contribution < 1.29 is 26.7 Å². The minimum Gasteiger partial charge on any atom is -0.425 e. The monoisotopic (exact) mass is 304 g/mol. The Labute approximate surface area is 96.3 Å². The van der Waals surface area contributed by atoms with Crippen molar-refractivity contribution in [2.24, 2.45) is 0 Å². The van der Waals surface area contributed by atoms with E-state index in [2.05, 4.69) is 20.7 Å². The van der Waals surface area contributed by atoms with Crippen LogP contribution in [0.4, 0.5) is 22.0 Å². The fraction of sp³-hybridized carbons (Fsp3) is 0.333. The molecule has 0 aromatic heterocycles. The van der Waals surface area contributed by atoms with Gasteiger partial charge in [-0.05, 0) is 19.1 Å². The summed E-state index contributed by atoms with van der Waals surface area (Å²) in [6.45, 7) is 1.37. The van der Waals surface area contributed by atoms with Crippen molar-refractivity contribution in [3.05, 3.63) is 28.2 Å². The fourth-order valence-corrected chi connectivity index (χ4v) is 1.24. The number of hydrogen-bond acceptors (Lipinski definition) is 1. The lowest BCUT2D eigenvalue weighted by Gasteiger charge is -2.21. The van der Waals surface area contributed by atoms with Crippen LogP contribution in [0.5, 0.6) is 5.75 Å². The second-order valence-corrected chi connectivity index (χ2v) is 3.83. The first-order valence-electron chi connectivity index (χ1n) is 4.04. The Morgan fingerprint density at radius 2 is 1.69 bits per heavy atom. The molecule has 1 nitrogen and oxygen atoms in total. The second-order valence-electron chi connectivity index (χ2n) is 2.98. The molecule has 0 N–H and O–H groups in total. The predicted molar refractivity (Wildman–Crippen MR) is 50.5 cm³/mol. The van der Waals surface area contributed by atoms with Gasteiger partial charge in [-0.3, -0.25) is 0 Å². The number of benzene rings is 1. The molecule has 0 heterocycles. The first-order valence-corrected chi connectivity index (χ1v) is 4.83. The smallest absolute Gasteiger partial charge is 0.425 e. The minimum atomic E-state index is -5.73. The Morgan fingerprint density at radius 3 is 2.19 bits per heavy atom. The third-order valence-electron chi connectivity index (χ3n) is 1.79. The quantitative estimate of drug-likeness (QED) is 0.741. The Kier molecular flexibility index (Phi) is 3.47. The molecule has 0 bridgehead atoms. The van der Waals surface area contributed by atoms with Crippen LogP contribution in [-0.4, -0.2) is 12.3 Å². The summed E-state index contributed by atoms with van der Waals surface area (Å²) in [5, 5.41) is 0. The SMILES string of the molecule is Cc1c(Br)cccc1OC(F)(F)C(F)(F)F. The van der Waals surface area contributed by atoms with Crippen LogP contribution in [0, 0.1) is 6.92 Å². The summed E-state index contributed by atoms with van der Waals surface area (Å²) in [4.78, 5) is 0. The molecule has 0 aliphatic heterocycles. The van der Waals surface area contributed by atoms with E-state index in [1.54, 1.807) is 0 Å². The van der Waals surface area contributed by atoms with E-state index in [0.29, 0.717) is 4.47 Å². The molecule has 0 atom stereocenters. The molecule has 0 spiro atoms. The highest BCUT2D eigenvalue weighted by atomic mass is 79.9. The van der Waals surface area contributed by atoms with Crippen LogP contribution in [0.15, 0.2) is 22.7 Å². The van der Waals surface area contributed by atoms with Gasteiger partial charge in [-0.25, -0.2) is 0 Å². The van der Waals surface area contributed by atoms with Gasteiger partial charge in [0.05, 0.1) is 0 Å². The molecule has 0 fully saturated rings. The van der Waals surface area contributed by atoms with Gasteiger partial charge in [-0.1, -0.05) is 22.0 Å². The Morgan fingerprint density at radius 1 is 1.12 bits per heavy atom. The summed E-state index contributed by atoms with van der Waals surface area (Å²) in [5.74, 6) is -0.517. The van der Waals surface area contributed by atoms with Crippen molar-refractivity contribution in [1.82, 2.24) is 0 Å². The minimum absolute atomic E-state index is 0.173. The third kappa shape index (κ3) is 2.63. The van der Waals surface area contributed by atoms with Crippen molar-refractivity contribution in [2.45, 2.75) is 19.2 Å². The standard InChI is InChI=1S/C9H6BrF5O/c1-5-6(10)3-2-4-7(5)16-9(14,15)8(11,12)13/h2-4H,1H3. The van der Waals surface area contributed by atoms with E-state index in [-0.39, 0.29) is 5.56 Å². The molecule has 1 aromatic rings. The van der Waals surface area contributed by atoms with E-state index in [0.717, 1.165) is 6.07 Å². The highest BCUT2D eigenvalue weighted by Gasteiger charge is 2.61. The lowest BCUT2D eigenvalue weighted by Crippen LogP contribution is -2.42. The molecule has 0 saturated carbocycles. The van der Waals surface area contributed by atoms with Crippen molar-refractivity contribution in [2.75, 3.05) is 0 Å². The van der Waals surface area contributed by atoms with Gasteiger partial charge in [0.25, 0.3) is 0 Å². The van der Waals surface area contributed by atoms with Crippen LogP contribution in [0.25, 0.3) is 0 Å². The normalized spacial score (nSPS) is 12.7. The molecule has 0 aliphatic rings. The zero-order valence-corrected chi connectivity index (χ0v) is 9.49. The lowest BCUT2D eigenvalue weighted by molar-refractivity contribution is -0.360. The van der Waals surface area contributed by atoms with E-state index in [4.69, 9.17) is 0 Å². The summed E-state index contributed by atoms with van der Waals surface area (Å²) in [6, 6.07) is 3.85. The zero-order valence-electron chi connectivity index (χ0n) is 7.91. The van der Waals surface area contributed by atoms with E-state index in [9.17, 15) is 22.0 Å². The van der Waals surface area contributed by atoms with E-state index in [1.165, 1.54) is 19.1 Å². The Bertz CT molecular complexity index is 388. The molecule has 0 radical (unpaired) electrons. The molecule has 0 saturated heterocycles. The first kappa shape index (κ1) is 13.2. The molecule has 16 heavy (non-hydrogen) atoms. The van der Waals surface area contributed by atoms with Gasteiger partial charge in [0.2, 0.25) is 0 Å². The van der Waals surface area contributed by atoms with Crippen molar-refractivity contribution >= 4 is 15.9 Å². The number of rotatable bonds is 2. The van der Waals surface area contributed by atoms with Gasteiger partial charge in [-0.2, -0.15) is 22.0 Å². The Balaban J connectivity index is 3.02. The average molecular weight is 305 g/mol. The summed E-state index contributed by atoms with van der Waals surface area (Å²) in [5.41, 5.74) is 0.173. The molecule has 1 rings (SSSR count). The number of ether oxygens (including phenoxy) is 1. The highest BCUT2D eigenvalue weighted by molar-refractivity contribution is 9.10. The average Bonchev–Trinajstić information content (AvgIpc) is 2.11. The molecular formula is C9H6BrF5O. The van der Waals surface area contributed by atoms with Crippen LogP contribution < -0.4 is 4.74 Å². The topological polar surface area (TPSA) is 9.23 Å². The molecule has 90 valence electrons. The Hall–Kier alpha value is -0.850. The maximum atomic E-state index is 12.6. The predicted octanol–water partition coefficient (Wildman–Crippen LogP) is 4.29. The fourth-order valence-electron chi connectivity index (χ4n) is 0.894. The molecule has 0 aliphatic carbocycles. The van der Waals surface area contributed by atoms with E-state index in [1.807, 2.05) is 0 Å². The van der Waals surface area contributed by atoms with Gasteiger partial charge < -0.3 is 4.74 Å². The summed E-state index contributed by atoms with van der Waals surface area (Å²) >= 11 is 3.00. The molecular weight excluding hydrogens is 299 g/mol.